The van der Waals surface area contributed by atoms with Crippen LogP contribution in [0.4, 0.5) is 10.5 Å². The van der Waals surface area contributed by atoms with Crippen molar-refractivity contribution in [1.82, 2.24) is 5.32 Å². The van der Waals surface area contributed by atoms with Crippen molar-refractivity contribution in [3.63, 3.8) is 0 Å². The zero-order valence-electron chi connectivity index (χ0n) is 10.7. The number of nitrogens with one attached hydrogen (secondary N) is 2. The molecular formula is C13H15N3O3. The molecule has 19 heavy (non-hydrogen) atoms. The first-order chi connectivity index (χ1) is 8.95. The van der Waals surface area contributed by atoms with Gasteiger partial charge >= 0.3 is 12.0 Å². The number of carboxylic acid groups (broad SMARTS) is 1. The van der Waals surface area contributed by atoms with E-state index in [4.69, 9.17) is 10.4 Å². The minimum Gasteiger partial charge on any atom is -0.481 e. The number of hydrogen-bond acceptors (Lipinski definition) is 3. The van der Waals surface area contributed by atoms with Crippen molar-refractivity contribution < 1.29 is 14.7 Å². The predicted octanol–water partition coefficient (Wildman–Crippen LogP) is 1.71. The van der Waals surface area contributed by atoms with Crippen molar-refractivity contribution in [3.05, 3.63) is 29.3 Å². The van der Waals surface area contributed by atoms with Gasteiger partial charge < -0.3 is 15.7 Å². The first-order valence-corrected chi connectivity index (χ1v) is 5.73. The Kier molecular flexibility index (Phi) is 4.89. The van der Waals surface area contributed by atoms with Crippen LogP contribution in [0.3, 0.4) is 0 Å². The van der Waals surface area contributed by atoms with Crippen LogP contribution in [0.2, 0.25) is 0 Å². The number of aliphatic carboxylic acids is 1. The molecule has 0 spiro atoms. The summed E-state index contributed by atoms with van der Waals surface area (Å²) in [5.41, 5.74) is 1.56. The average Bonchev–Trinajstić information content (AvgIpc) is 2.36. The van der Waals surface area contributed by atoms with Crippen LogP contribution in [-0.4, -0.2) is 23.7 Å². The quantitative estimate of drug-likeness (QED) is 0.767. The molecule has 3 N–H and O–H groups in total. The number of amides is 2. The molecule has 0 aliphatic carbocycles. The lowest BCUT2D eigenvalue weighted by molar-refractivity contribution is -0.140. The van der Waals surface area contributed by atoms with E-state index in [2.05, 4.69) is 10.6 Å². The third-order valence-corrected chi connectivity index (χ3v) is 2.62. The molecule has 0 radical (unpaired) electrons. The molecule has 0 saturated carbocycles. The Morgan fingerprint density at radius 3 is 2.74 bits per heavy atom. The van der Waals surface area contributed by atoms with Crippen LogP contribution in [0.1, 0.15) is 18.1 Å². The number of carbonyl (C=O) groups is 2. The maximum absolute atomic E-state index is 11.6. The zero-order valence-corrected chi connectivity index (χ0v) is 10.7. The maximum atomic E-state index is 11.6. The lowest BCUT2D eigenvalue weighted by Crippen LogP contribution is -2.34. The number of urea groups is 1. The number of nitrogens with zero attached hydrogens (tertiary/aromatic N) is 1. The normalized spacial score (nSPS) is 11.2. The molecule has 1 rings (SSSR count). The van der Waals surface area contributed by atoms with Gasteiger partial charge in [-0.15, -0.1) is 0 Å². The number of carbonyl (C=O) groups excluding carboxylic acids is 1. The smallest absolute Gasteiger partial charge is 0.319 e. The Morgan fingerprint density at radius 1 is 1.47 bits per heavy atom. The third-order valence-electron chi connectivity index (χ3n) is 2.62. The molecule has 0 saturated heterocycles. The van der Waals surface area contributed by atoms with Crippen LogP contribution in [0.25, 0.3) is 0 Å². The second-order valence-electron chi connectivity index (χ2n) is 4.18. The van der Waals surface area contributed by atoms with Gasteiger partial charge in [-0.3, -0.25) is 4.79 Å². The van der Waals surface area contributed by atoms with Crippen molar-refractivity contribution in [3.8, 4) is 6.07 Å². The van der Waals surface area contributed by atoms with Crippen molar-refractivity contribution in [2.75, 3.05) is 11.9 Å². The Labute approximate surface area is 111 Å². The summed E-state index contributed by atoms with van der Waals surface area (Å²) in [5.74, 6) is -1.65. The largest absolute Gasteiger partial charge is 0.481 e. The molecule has 1 aromatic carbocycles. The van der Waals surface area contributed by atoms with Crippen molar-refractivity contribution in [1.29, 1.82) is 5.26 Å². The number of benzene rings is 1. The van der Waals surface area contributed by atoms with Gasteiger partial charge in [-0.2, -0.15) is 5.26 Å². The summed E-state index contributed by atoms with van der Waals surface area (Å²) in [7, 11) is 0. The van der Waals surface area contributed by atoms with Crippen molar-refractivity contribution in [2.24, 2.45) is 5.92 Å². The lowest BCUT2D eigenvalue weighted by atomic mass is 10.1. The minimum absolute atomic E-state index is 0.0227. The number of carboxylic acids is 1. The average molecular weight is 261 g/mol. The van der Waals surface area contributed by atoms with Gasteiger partial charge in [0.25, 0.3) is 0 Å². The Bertz CT molecular complexity index is 534. The highest BCUT2D eigenvalue weighted by Gasteiger charge is 2.13. The third kappa shape index (κ3) is 4.00. The molecule has 6 heteroatoms. The topological polar surface area (TPSA) is 102 Å². The van der Waals surface area contributed by atoms with Crippen LogP contribution in [-0.2, 0) is 4.79 Å². The minimum atomic E-state index is -0.978. The van der Waals surface area contributed by atoms with E-state index in [1.165, 1.54) is 6.92 Å². The van der Waals surface area contributed by atoms with E-state index >= 15 is 0 Å². The molecule has 0 aliphatic rings. The van der Waals surface area contributed by atoms with Crippen molar-refractivity contribution >= 4 is 17.7 Å². The van der Waals surface area contributed by atoms with E-state index in [9.17, 15) is 9.59 Å². The van der Waals surface area contributed by atoms with E-state index < -0.39 is 17.9 Å². The standard InChI is InChI=1S/C13H15N3O3/c1-8-4-3-5-11(10(8)6-14)16-13(19)15-7-9(2)12(17)18/h3-5,9H,7H2,1-2H3,(H,17,18)(H2,15,16,19). The number of aryl methyl sites for hydroxylation is 1. The van der Waals surface area contributed by atoms with Crippen LogP contribution >= 0.6 is 0 Å². The second-order valence-corrected chi connectivity index (χ2v) is 4.18. The zero-order chi connectivity index (χ0) is 14.4. The fraction of sp³-hybridized carbons (Fsp3) is 0.308. The lowest BCUT2D eigenvalue weighted by Gasteiger charge is -2.11. The Hall–Kier alpha value is -2.55. The van der Waals surface area contributed by atoms with Gasteiger partial charge in [-0.05, 0) is 18.6 Å². The van der Waals surface area contributed by atoms with Gasteiger partial charge in [0.2, 0.25) is 0 Å². The molecule has 1 aromatic rings. The molecule has 0 fully saturated rings. The van der Waals surface area contributed by atoms with E-state index in [-0.39, 0.29) is 6.54 Å². The molecule has 100 valence electrons. The highest BCUT2D eigenvalue weighted by atomic mass is 16.4. The predicted molar refractivity (Wildman–Crippen MR) is 69.7 cm³/mol. The molecular weight excluding hydrogens is 246 g/mol. The molecule has 0 aromatic heterocycles. The highest BCUT2D eigenvalue weighted by molar-refractivity contribution is 5.91. The van der Waals surface area contributed by atoms with E-state index in [1.54, 1.807) is 25.1 Å². The summed E-state index contributed by atoms with van der Waals surface area (Å²) in [6, 6.07) is 6.60. The Balaban J connectivity index is 2.66. The van der Waals surface area contributed by atoms with E-state index in [1.807, 2.05) is 6.07 Å². The SMILES string of the molecule is Cc1cccc(NC(=O)NCC(C)C(=O)O)c1C#N. The maximum Gasteiger partial charge on any atom is 0.319 e. The number of rotatable bonds is 4. The molecule has 1 unspecified atom stereocenters. The summed E-state index contributed by atoms with van der Waals surface area (Å²) in [4.78, 5) is 22.2. The Morgan fingerprint density at radius 2 is 2.16 bits per heavy atom. The number of hydrogen-bond donors (Lipinski definition) is 3. The van der Waals surface area contributed by atoms with Crippen LogP contribution in [0.5, 0.6) is 0 Å². The summed E-state index contributed by atoms with van der Waals surface area (Å²) >= 11 is 0. The second kappa shape index (κ2) is 6.40. The first-order valence-electron chi connectivity index (χ1n) is 5.73. The molecule has 0 bridgehead atoms. The number of nitriles is 1. The highest BCUT2D eigenvalue weighted by Crippen LogP contribution is 2.17. The van der Waals surface area contributed by atoms with Gasteiger partial charge in [-0.25, -0.2) is 4.79 Å². The van der Waals surface area contributed by atoms with Gasteiger partial charge in [0, 0.05) is 6.54 Å². The molecule has 0 aliphatic heterocycles. The van der Waals surface area contributed by atoms with Crippen LogP contribution < -0.4 is 10.6 Å². The summed E-state index contributed by atoms with van der Waals surface area (Å²) in [5, 5.41) is 22.7. The van der Waals surface area contributed by atoms with Gasteiger partial charge in [0.1, 0.15) is 6.07 Å². The van der Waals surface area contributed by atoms with Crippen LogP contribution in [0.15, 0.2) is 18.2 Å². The van der Waals surface area contributed by atoms with Gasteiger partial charge in [0.15, 0.2) is 0 Å². The van der Waals surface area contributed by atoms with Gasteiger partial charge in [0.05, 0.1) is 17.2 Å². The monoisotopic (exact) mass is 261 g/mol. The summed E-state index contributed by atoms with van der Waals surface area (Å²) in [6.07, 6.45) is 0. The number of anilines is 1. The fourth-order valence-electron chi connectivity index (χ4n) is 1.42. The van der Waals surface area contributed by atoms with Crippen LogP contribution in [0, 0.1) is 24.2 Å². The molecule has 1 atom stereocenters. The van der Waals surface area contributed by atoms with Gasteiger partial charge in [-0.1, -0.05) is 19.1 Å². The molecule has 0 heterocycles. The summed E-state index contributed by atoms with van der Waals surface area (Å²) < 4.78 is 0. The van der Waals surface area contributed by atoms with Crippen molar-refractivity contribution in [2.45, 2.75) is 13.8 Å². The summed E-state index contributed by atoms with van der Waals surface area (Å²) in [6.45, 7) is 3.29. The molecule has 2 amide bonds. The molecule has 6 nitrogen and oxygen atoms in total. The van der Waals surface area contributed by atoms with E-state index in [0.717, 1.165) is 5.56 Å². The fourth-order valence-corrected chi connectivity index (χ4v) is 1.42. The van der Waals surface area contributed by atoms with E-state index in [0.29, 0.717) is 11.3 Å². The first kappa shape index (κ1) is 14.5.